The lowest BCUT2D eigenvalue weighted by molar-refractivity contribution is -0.125. The Morgan fingerprint density at radius 2 is 2.15 bits per heavy atom. The number of hydrogen-bond donors (Lipinski definition) is 1. The number of aromatic nitrogens is 3. The quantitative estimate of drug-likeness (QED) is 0.919. The van der Waals surface area contributed by atoms with Crippen LogP contribution in [0.2, 0.25) is 0 Å². The number of pyridine rings is 1. The van der Waals surface area contributed by atoms with Crippen LogP contribution >= 0.6 is 0 Å². The lowest BCUT2D eigenvalue weighted by Crippen LogP contribution is -2.28. The summed E-state index contributed by atoms with van der Waals surface area (Å²) in [6.45, 7) is 0.273. The van der Waals surface area contributed by atoms with E-state index < -0.39 is 0 Å². The summed E-state index contributed by atoms with van der Waals surface area (Å²) < 4.78 is 5.48. The standard InChI is InChI=1S/C14H16N4O2/c19-13(10-5-1-2-6-10)16-9-12-17-18-14(20-12)11-7-3-4-8-15-11/h3-4,7-8,10H,1-2,5-6,9H2,(H,16,19). The molecule has 1 aliphatic rings. The predicted molar refractivity (Wildman–Crippen MR) is 71.3 cm³/mol. The molecule has 1 saturated carbocycles. The van der Waals surface area contributed by atoms with E-state index in [1.165, 1.54) is 0 Å². The summed E-state index contributed by atoms with van der Waals surface area (Å²) >= 11 is 0. The van der Waals surface area contributed by atoms with Crippen LogP contribution in [0, 0.1) is 5.92 Å². The fourth-order valence-corrected chi connectivity index (χ4v) is 2.41. The molecule has 0 atom stereocenters. The Bertz CT molecular complexity index is 576. The molecule has 3 rings (SSSR count). The minimum atomic E-state index is 0.0834. The molecule has 0 aliphatic heterocycles. The molecule has 2 heterocycles. The van der Waals surface area contributed by atoms with Crippen molar-refractivity contribution in [2.24, 2.45) is 5.92 Å². The van der Waals surface area contributed by atoms with E-state index >= 15 is 0 Å². The van der Waals surface area contributed by atoms with Crippen LogP contribution < -0.4 is 5.32 Å². The molecular formula is C14H16N4O2. The van der Waals surface area contributed by atoms with Crippen LogP contribution in [0.1, 0.15) is 31.6 Å². The molecule has 0 radical (unpaired) electrons. The maximum atomic E-state index is 11.9. The number of carbonyl (C=O) groups is 1. The van der Waals surface area contributed by atoms with Gasteiger partial charge in [0.1, 0.15) is 5.69 Å². The van der Waals surface area contributed by atoms with E-state index in [1.807, 2.05) is 12.1 Å². The van der Waals surface area contributed by atoms with Gasteiger partial charge in [0.05, 0.1) is 6.54 Å². The number of amides is 1. The van der Waals surface area contributed by atoms with E-state index in [-0.39, 0.29) is 18.4 Å². The fourth-order valence-electron chi connectivity index (χ4n) is 2.41. The Morgan fingerprint density at radius 3 is 2.90 bits per heavy atom. The van der Waals surface area contributed by atoms with Crippen molar-refractivity contribution in [2.75, 3.05) is 0 Å². The van der Waals surface area contributed by atoms with Gasteiger partial charge in [0, 0.05) is 12.1 Å². The fraction of sp³-hybridized carbons (Fsp3) is 0.429. The minimum Gasteiger partial charge on any atom is -0.417 e. The molecule has 0 aromatic carbocycles. The molecule has 0 unspecified atom stereocenters. The van der Waals surface area contributed by atoms with Gasteiger partial charge >= 0.3 is 0 Å². The van der Waals surface area contributed by atoms with E-state index in [4.69, 9.17) is 4.42 Å². The van der Waals surface area contributed by atoms with Crippen LogP contribution in [-0.2, 0) is 11.3 Å². The first-order chi connectivity index (χ1) is 9.83. The monoisotopic (exact) mass is 272 g/mol. The molecule has 2 aromatic rings. The zero-order valence-corrected chi connectivity index (χ0v) is 11.1. The Balaban J connectivity index is 1.59. The smallest absolute Gasteiger partial charge is 0.266 e. The molecule has 0 spiro atoms. The number of carbonyl (C=O) groups excluding carboxylic acids is 1. The third-order valence-electron chi connectivity index (χ3n) is 3.49. The van der Waals surface area contributed by atoms with Gasteiger partial charge in [0.2, 0.25) is 11.8 Å². The molecular weight excluding hydrogens is 256 g/mol. The topological polar surface area (TPSA) is 80.9 Å². The van der Waals surface area contributed by atoms with Gasteiger partial charge in [0.15, 0.2) is 0 Å². The second-order valence-electron chi connectivity index (χ2n) is 4.92. The van der Waals surface area contributed by atoms with E-state index in [1.54, 1.807) is 12.3 Å². The zero-order valence-electron chi connectivity index (χ0n) is 11.1. The van der Waals surface area contributed by atoms with Crippen LogP contribution in [0.4, 0.5) is 0 Å². The van der Waals surface area contributed by atoms with Crippen LogP contribution in [0.15, 0.2) is 28.8 Å². The minimum absolute atomic E-state index is 0.0834. The third kappa shape index (κ3) is 2.84. The van der Waals surface area contributed by atoms with Crippen molar-refractivity contribution < 1.29 is 9.21 Å². The zero-order chi connectivity index (χ0) is 13.8. The summed E-state index contributed by atoms with van der Waals surface area (Å²) in [5.74, 6) is 1.00. The third-order valence-corrected chi connectivity index (χ3v) is 3.49. The molecule has 1 N–H and O–H groups in total. The van der Waals surface area contributed by atoms with Crippen molar-refractivity contribution in [3.05, 3.63) is 30.3 Å². The SMILES string of the molecule is O=C(NCc1nnc(-c2ccccn2)o1)C1CCCC1. The van der Waals surface area contributed by atoms with Crippen molar-refractivity contribution in [1.82, 2.24) is 20.5 Å². The molecule has 1 aliphatic carbocycles. The Kier molecular flexibility index (Phi) is 3.71. The van der Waals surface area contributed by atoms with E-state index in [9.17, 15) is 4.79 Å². The van der Waals surface area contributed by atoms with E-state index in [2.05, 4.69) is 20.5 Å². The molecule has 20 heavy (non-hydrogen) atoms. The summed E-state index contributed by atoms with van der Waals surface area (Å²) in [6, 6.07) is 5.48. The summed E-state index contributed by atoms with van der Waals surface area (Å²) in [4.78, 5) is 16.0. The summed E-state index contributed by atoms with van der Waals surface area (Å²) in [7, 11) is 0. The molecule has 0 saturated heterocycles. The van der Waals surface area contributed by atoms with Gasteiger partial charge < -0.3 is 9.73 Å². The van der Waals surface area contributed by atoms with Crippen molar-refractivity contribution in [3.63, 3.8) is 0 Å². The van der Waals surface area contributed by atoms with Gasteiger partial charge in [-0.15, -0.1) is 10.2 Å². The first kappa shape index (κ1) is 12.8. The highest BCUT2D eigenvalue weighted by Gasteiger charge is 2.22. The van der Waals surface area contributed by atoms with Gasteiger partial charge in [0.25, 0.3) is 5.89 Å². The highest BCUT2D eigenvalue weighted by Crippen LogP contribution is 2.24. The second-order valence-corrected chi connectivity index (χ2v) is 4.92. The number of nitrogens with zero attached hydrogens (tertiary/aromatic N) is 3. The molecule has 6 nitrogen and oxygen atoms in total. The normalized spacial score (nSPS) is 15.4. The second kappa shape index (κ2) is 5.81. The van der Waals surface area contributed by atoms with Crippen LogP contribution in [0.3, 0.4) is 0 Å². The lowest BCUT2D eigenvalue weighted by Gasteiger charge is -2.07. The van der Waals surface area contributed by atoms with Crippen molar-refractivity contribution in [3.8, 4) is 11.6 Å². The van der Waals surface area contributed by atoms with Crippen LogP contribution in [0.25, 0.3) is 11.6 Å². The Hall–Kier alpha value is -2.24. The summed E-state index contributed by atoms with van der Waals surface area (Å²) in [6.07, 6.45) is 5.91. The van der Waals surface area contributed by atoms with Crippen molar-refractivity contribution >= 4 is 5.91 Å². The lowest BCUT2D eigenvalue weighted by atomic mass is 10.1. The number of hydrogen-bond acceptors (Lipinski definition) is 5. The Labute approximate surface area is 116 Å². The van der Waals surface area contributed by atoms with Crippen molar-refractivity contribution in [2.45, 2.75) is 32.2 Å². The number of nitrogens with one attached hydrogen (secondary N) is 1. The highest BCUT2D eigenvalue weighted by molar-refractivity contribution is 5.78. The molecule has 1 fully saturated rings. The first-order valence-electron chi connectivity index (χ1n) is 6.84. The van der Waals surface area contributed by atoms with Crippen LogP contribution in [0.5, 0.6) is 0 Å². The average Bonchev–Trinajstić information content (AvgIpc) is 3.17. The molecule has 2 aromatic heterocycles. The predicted octanol–water partition coefficient (Wildman–Crippen LogP) is 1.94. The molecule has 0 bridgehead atoms. The first-order valence-corrected chi connectivity index (χ1v) is 6.84. The van der Waals surface area contributed by atoms with Crippen molar-refractivity contribution in [1.29, 1.82) is 0 Å². The molecule has 1 amide bonds. The molecule has 6 heteroatoms. The van der Waals surface area contributed by atoms with Gasteiger partial charge in [-0.2, -0.15) is 0 Å². The maximum Gasteiger partial charge on any atom is 0.266 e. The Morgan fingerprint density at radius 1 is 1.30 bits per heavy atom. The van der Waals surface area contributed by atoms with Gasteiger partial charge in [-0.1, -0.05) is 18.9 Å². The van der Waals surface area contributed by atoms with Crippen LogP contribution in [-0.4, -0.2) is 21.1 Å². The number of rotatable bonds is 4. The van der Waals surface area contributed by atoms with E-state index in [0.717, 1.165) is 25.7 Å². The van der Waals surface area contributed by atoms with E-state index in [0.29, 0.717) is 17.5 Å². The highest BCUT2D eigenvalue weighted by atomic mass is 16.4. The van der Waals surface area contributed by atoms with Gasteiger partial charge in [-0.25, -0.2) is 0 Å². The summed E-state index contributed by atoms with van der Waals surface area (Å²) in [5.41, 5.74) is 0.633. The maximum absolute atomic E-state index is 11.9. The van der Waals surface area contributed by atoms with Gasteiger partial charge in [-0.3, -0.25) is 9.78 Å². The largest absolute Gasteiger partial charge is 0.417 e. The average molecular weight is 272 g/mol. The van der Waals surface area contributed by atoms with Gasteiger partial charge in [-0.05, 0) is 25.0 Å². The molecule has 104 valence electrons. The summed E-state index contributed by atoms with van der Waals surface area (Å²) in [5, 5.41) is 10.7.